The van der Waals surface area contributed by atoms with Gasteiger partial charge in [0.05, 0.1) is 0 Å². The summed E-state index contributed by atoms with van der Waals surface area (Å²) in [5, 5.41) is 0. The van der Waals surface area contributed by atoms with Gasteiger partial charge in [-0.3, -0.25) is 4.90 Å². The molecule has 1 aromatic rings. The van der Waals surface area contributed by atoms with Gasteiger partial charge in [0.25, 0.3) is 0 Å². The average Bonchev–Trinajstić information content (AvgIpc) is 2.85. The molecular weight excluding hydrogens is 268 g/mol. The van der Waals surface area contributed by atoms with Crippen LogP contribution in [-0.4, -0.2) is 22.5 Å². The predicted octanol–water partition coefficient (Wildman–Crippen LogP) is 3.80. The fourth-order valence-corrected chi connectivity index (χ4v) is 6.57. The molecule has 1 saturated carbocycles. The van der Waals surface area contributed by atoms with Gasteiger partial charge in [0.2, 0.25) is 0 Å². The Kier molecular flexibility index (Phi) is 2.38. The molecule has 5 aliphatic rings. The first-order valence-electron chi connectivity index (χ1n) is 8.81. The van der Waals surface area contributed by atoms with Crippen molar-refractivity contribution in [3.63, 3.8) is 0 Å². The number of benzene rings is 1. The molecule has 5 fully saturated rings. The molecular formula is C20H26N2. The van der Waals surface area contributed by atoms with Crippen molar-refractivity contribution >= 4 is 5.69 Å². The van der Waals surface area contributed by atoms with Crippen molar-refractivity contribution in [3.8, 4) is 0 Å². The van der Waals surface area contributed by atoms with E-state index >= 15 is 0 Å². The van der Waals surface area contributed by atoms with Crippen LogP contribution in [0, 0.1) is 17.8 Å². The van der Waals surface area contributed by atoms with E-state index in [0.717, 1.165) is 17.5 Å². The number of anilines is 1. The third-order valence-corrected chi connectivity index (χ3v) is 7.55. The van der Waals surface area contributed by atoms with Crippen LogP contribution in [0.3, 0.4) is 0 Å². The third-order valence-electron chi connectivity index (χ3n) is 7.55. The van der Waals surface area contributed by atoms with Crippen molar-refractivity contribution in [1.82, 2.24) is 4.90 Å². The Balaban J connectivity index is 1.65. The van der Waals surface area contributed by atoms with Gasteiger partial charge < -0.3 is 5.73 Å². The lowest BCUT2D eigenvalue weighted by Crippen LogP contribution is -2.70. The lowest BCUT2D eigenvalue weighted by atomic mass is 9.55. The molecule has 4 saturated heterocycles. The maximum absolute atomic E-state index is 6.34. The molecule has 116 valence electrons. The van der Waals surface area contributed by atoms with Gasteiger partial charge in [0, 0.05) is 29.2 Å². The summed E-state index contributed by atoms with van der Waals surface area (Å²) in [7, 11) is 0. The number of hydrogen-bond acceptors (Lipinski definition) is 2. The topological polar surface area (TPSA) is 29.3 Å². The van der Waals surface area contributed by atoms with Crippen LogP contribution in [0.1, 0.15) is 44.6 Å². The smallest absolute Gasteiger partial charge is 0.0350 e. The first kappa shape index (κ1) is 13.2. The van der Waals surface area contributed by atoms with Gasteiger partial charge in [-0.2, -0.15) is 0 Å². The van der Waals surface area contributed by atoms with E-state index in [2.05, 4.69) is 49.6 Å². The molecule has 1 aromatic carbocycles. The minimum absolute atomic E-state index is 0.349. The van der Waals surface area contributed by atoms with E-state index in [1.54, 1.807) is 5.57 Å². The van der Waals surface area contributed by atoms with Crippen molar-refractivity contribution in [2.24, 2.45) is 17.8 Å². The highest BCUT2D eigenvalue weighted by Crippen LogP contribution is 2.65. The molecule has 7 atom stereocenters. The third kappa shape index (κ3) is 1.36. The lowest BCUT2D eigenvalue weighted by molar-refractivity contribution is -0.128. The Labute approximate surface area is 133 Å². The molecule has 2 nitrogen and oxygen atoms in total. The molecule has 0 aromatic heterocycles. The second-order valence-electron chi connectivity index (χ2n) is 8.55. The van der Waals surface area contributed by atoms with Crippen molar-refractivity contribution in [2.75, 3.05) is 5.73 Å². The monoisotopic (exact) mass is 294 g/mol. The summed E-state index contributed by atoms with van der Waals surface area (Å²) in [5.74, 6) is 2.88. The molecule has 0 spiro atoms. The van der Waals surface area contributed by atoms with Gasteiger partial charge in [-0.25, -0.2) is 0 Å². The largest absolute Gasteiger partial charge is 0.398 e. The second kappa shape index (κ2) is 3.97. The summed E-state index contributed by atoms with van der Waals surface area (Å²) in [4.78, 5) is 2.89. The quantitative estimate of drug-likeness (QED) is 0.630. The van der Waals surface area contributed by atoms with Gasteiger partial charge >= 0.3 is 0 Å². The maximum atomic E-state index is 6.34. The van der Waals surface area contributed by atoms with Crippen molar-refractivity contribution in [3.05, 3.63) is 42.0 Å². The highest BCUT2D eigenvalue weighted by atomic mass is 15.3. The number of piperidine rings is 3. The van der Waals surface area contributed by atoms with Gasteiger partial charge in [-0.1, -0.05) is 30.4 Å². The summed E-state index contributed by atoms with van der Waals surface area (Å²) in [6.45, 7) is 9.50. The van der Waals surface area contributed by atoms with E-state index < -0.39 is 0 Å². The zero-order valence-electron chi connectivity index (χ0n) is 13.6. The van der Waals surface area contributed by atoms with E-state index in [9.17, 15) is 0 Å². The van der Waals surface area contributed by atoms with Crippen LogP contribution in [0.4, 0.5) is 5.69 Å². The number of rotatable bonds is 1. The van der Waals surface area contributed by atoms with Crippen LogP contribution in [0.25, 0.3) is 0 Å². The summed E-state index contributed by atoms with van der Waals surface area (Å²) < 4.78 is 0. The molecule has 4 heterocycles. The van der Waals surface area contributed by atoms with E-state index in [4.69, 9.17) is 5.73 Å². The zero-order valence-corrected chi connectivity index (χ0v) is 13.6. The first-order chi connectivity index (χ1) is 10.5. The van der Waals surface area contributed by atoms with Crippen LogP contribution < -0.4 is 5.73 Å². The minimum Gasteiger partial charge on any atom is -0.398 e. The molecule has 6 rings (SSSR count). The summed E-state index contributed by atoms with van der Waals surface area (Å²) in [6, 6.07) is 9.87. The molecule has 1 aliphatic carbocycles. The normalized spacial score (nSPS) is 47.2. The minimum atomic E-state index is 0.349. The van der Waals surface area contributed by atoms with Crippen LogP contribution in [0.5, 0.6) is 0 Å². The highest BCUT2D eigenvalue weighted by molar-refractivity contribution is 5.51. The molecule has 2 N–H and O–H groups in total. The van der Waals surface area contributed by atoms with Gasteiger partial charge in [0.1, 0.15) is 0 Å². The number of nitrogen functional groups attached to an aromatic ring is 1. The number of nitrogens with two attached hydrogens (primary N) is 1. The van der Waals surface area contributed by atoms with Crippen LogP contribution >= 0.6 is 0 Å². The molecule has 4 aliphatic heterocycles. The van der Waals surface area contributed by atoms with Crippen LogP contribution in [0.15, 0.2) is 36.4 Å². The molecule has 2 heteroatoms. The number of para-hydroxylation sites is 1. The van der Waals surface area contributed by atoms with E-state index in [0.29, 0.717) is 29.5 Å². The van der Waals surface area contributed by atoms with E-state index in [1.165, 1.54) is 24.8 Å². The molecule has 7 unspecified atom stereocenters. The lowest BCUT2D eigenvalue weighted by Gasteiger charge is -2.66. The number of nitrogens with zero attached hydrogens (tertiary/aromatic N) is 1. The summed E-state index contributed by atoms with van der Waals surface area (Å²) in [5.41, 5.74) is 10.6. The Morgan fingerprint density at radius 2 is 1.82 bits per heavy atom. The van der Waals surface area contributed by atoms with Crippen molar-refractivity contribution < 1.29 is 0 Å². The Bertz CT molecular complexity index is 661. The molecule has 0 amide bonds. The van der Waals surface area contributed by atoms with E-state index in [-0.39, 0.29) is 0 Å². The zero-order chi connectivity index (χ0) is 15.2. The van der Waals surface area contributed by atoms with Gasteiger partial charge in [-0.15, -0.1) is 0 Å². The van der Waals surface area contributed by atoms with Crippen molar-refractivity contribution in [1.29, 1.82) is 0 Å². The standard InChI is InChI=1S/C20H26N2/c1-11-14-8-12-9-15(11)19-16(13-6-4-5-7-17(13)21)10-18(14)22(19)20(12,2)3/h4-7,12,14-16,18-19H,1,8-10,21H2,2-3H3. The van der Waals surface area contributed by atoms with E-state index in [1.807, 2.05) is 0 Å². The Morgan fingerprint density at radius 3 is 2.59 bits per heavy atom. The molecule has 0 radical (unpaired) electrons. The maximum Gasteiger partial charge on any atom is 0.0350 e. The molecule has 22 heavy (non-hydrogen) atoms. The Morgan fingerprint density at radius 1 is 1.09 bits per heavy atom. The van der Waals surface area contributed by atoms with Crippen LogP contribution in [0.2, 0.25) is 0 Å². The summed E-state index contributed by atoms with van der Waals surface area (Å²) >= 11 is 0. The molecule has 6 bridgehead atoms. The van der Waals surface area contributed by atoms with Gasteiger partial charge in [0.15, 0.2) is 0 Å². The first-order valence-corrected chi connectivity index (χ1v) is 8.81. The number of hydrogen-bond donors (Lipinski definition) is 1. The summed E-state index contributed by atoms with van der Waals surface area (Å²) in [6.07, 6.45) is 3.99. The highest BCUT2D eigenvalue weighted by Gasteiger charge is 2.66. The van der Waals surface area contributed by atoms with Crippen LogP contribution in [-0.2, 0) is 0 Å². The average molecular weight is 294 g/mol. The second-order valence-corrected chi connectivity index (χ2v) is 8.55. The fraction of sp³-hybridized carbons (Fsp3) is 0.600. The SMILES string of the molecule is C=C1C2CC3CC1C1C(c4ccccc4N)CC2N1C3(C)C. The van der Waals surface area contributed by atoms with Gasteiger partial charge in [-0.05, 0) is 62.5 Å². The fourth-order valence-electron chi connectivity index (χ4n) is 6.57. The van der Waals surface area contributed by atoms with Crippen molar-refractivity contribution in [2.45, 2.75) is 56.7 Å². The predicted molar refractivity (Wildman–Crippen MR) is 90.6 cm³/mol. The Hall–Kier alpha value is -1.28.